The van der Waals surface area contributed by atoms with Gasteiger partial charge in [-0.25, -0.2) is 4.68 Å². The number of aromatic nitrogens is 2. The molecule has 2 atom stereocenters. The molecule has 0 radical (unpaired) electrons. The first-order chi connectivity index (χ1) is 12.0. The lowest BCUT2D eigenvalue weighted by Gasteiger charge is -2.22. The van der Waals surface area contributed by atoms with Gasteiger partial charge in [0.05, 0.1) is 30.0 Å². The minimum Gasteiger partial charge on any atom is -0.481 e. The van der Waals surface area contributed by atoms with Gasteiger partial charge in [-0.2, -0.15) is 5.10 Å². The Balaban J connectivity index is 1.80. The summed E-state index contributed by atoms with van der Waals surface area (Å²) in [6, 6.07) is 6.70. The van der Waals surface area contributed by atoms with E-state index in [0.29, 0.717) is 23.6 Å². The van der Waals surface area contributed by atoms with Crippen LogP contribution in [0.3, 0.4) is 0 Å². The third-order valence-electron chi connectivity index (χ3n) is 4.30. The number of carboxylic acid groups (broad SMARTS) is 1. The van der Waals surface area contributed by atoms with E-state index in [4.69, 9.17) is 21.4 Å². The molecule has 1 aromatic carbocycles. The van der Waals surface area contributed by atoms with Gasteiger partial charge in [0.15, 0.2) is 0 Å². The Morgan fingerprint density at radius 3 is 2.72 bits per heavy atom. The Hall–Kier alpha value is -2.38. The lowest BCUT2D eigenvalue weighted by Crippen LogP contribution is -2.37. The Labute approximate surface area is 149 Å². The van der Waals surface area contributed by atoms with Crippen LogP contribution in [-0.4, -0.2) is 57.5 Å². The van der Waals surface area contributed by atoms with E-state index in [-0.39, 0.29) is 24.5 Å². The predicted octanol–water partition coefficient (Wildman–Crippen LogP) is 2.23. The van der Waals surface area contributed by atoms with Crippen molar-refractivity contribution in [3.63, 3.8) is 0 Å². The number of hydrogen-bond acceptors (Lipinski definition) is 4. The molecule has 3 rings (SSSR count). The van der Waals surface area contributed by atoms with Crippen LogP contribution in [0.1, 0.15) is 23.2 Å². The second-order valence-corrected chi connectivity index (χ2v) is 6.39. The van der Waals surface area contributed by atoms with Crippen LogP contribution in [-0.2, 0) is 9.53 Å². The highest BCUT2D eigenvalue weighted by Gasteiger charge is 2.37. The van der Waals surface area contributed by atoms with Gasteiger partial charge < -0.3 is 14.7 Å². The van der Waals surface area contributed by atoms with Crippen LogP contribution in [0.4, 0.5) is 0 Å². The number of halogens is 1. The molecule has 8 heteroatoms. The van der Waals surface area contributed by atoms with Crippen LogP contribution in [0, 0.1) is 0 Å². The second kappa shape index (κ2) is 7.25. The van der Waals surface area contributed by atoms with Crippen LogP contribution >= 0.6 is 11.6 Å². The van der Waals surface area contributed by atoms with E-state index >= 15 is 0 Å². The topological polar surface area (TPSA) is 84.7 Å². The van der Waals surface area contributed by atoms with Gasteiger partial charge in [-0.3, -0.25) is 9.59 Å². The van der Waals surface area contributed by atoms with Crippen molar-refractivity contribution >= 4 is 23.5 Å². The zero-order valence-electron chi connectivity index (χ0n) is 13.6. The Morgan fingerprint density at radius 1 is 1.36 bits per heavy atom. The molecule has 1 aromatic heterocycles. The maximum atomic E-state index is 12.8. The van der Waals surface area contributed by atoms with Gasteiger partial charge in [-0.1, -0.05) is 11.6 Å². The Bertz CT molecular complexity index is 774. The number of methoxy groups -OCH3 is 1. The van der Waals surface area contributed by atoms with Gasteiger partial charge in [0.2, 0.25) is 0 Å². The van der Waals surface area contributed by atoms with E-state index in [1.54, 1.807) is 47.2 Å². The van der Waals surface area contributed by atoms with Gasteiger partial charge in [0.25, 0.3) is 5.91 Å². The normalized spacial score (nSPS) is 20.0. The molecule has 1 saturated heterocycles. The quantitative estimate of drug-likeness (QED) is 0.880. The SMILES string of the molecule is COC1CC(CC(=O)O)N(C(=O)c2cnn(-c3ccc(Cl)cc3)c2)C1. The molecular weight excluding hydrogens is 346 g/mol. The highest BCUT2D eigenvalue weighted by Crippen LogP contribution is 2.25. The molecular formula is C17H18ClN3O4. The second-order valence-electron chi connectivity index (χ2n) is 5.95. The number of hydrogen-bond donors (Lipinski definition) is 1. The molecule has 2 aromatic rings. The third-order valence-corrected chi connectivity index (χ3v) is 4.55. The average molecular weight is 364 g/mol. The summed E-state index contributed by atoms with van der Waals surface area (Å²) in [5, 5.41) is 13.9. The van der Waals surface area contributed by atoms with Crippen LogP contribution in [0.15, 0.2) is 36.7 Å². The van der Waals surface area contributed by atoms with Gasteiger partial charge in [0.1, 0.15) is 0 Å². The van der Waals surface area contributed by atoms with E-state index in [0.717, 1.165) is 5.69 Å². The molecule has 7 nitrogen and oxygen atoms in total. The Kier molecular flexibility index (Phi) is 5.06. The highest BCUT2D eigenvalue weighted by atomic mass is 35.5. The van der Waals surface area contributed by atoms with Crippen molar-refractivity contribution in [2.45, 2.75) is 25.0 Å². The number of aliphatic carboxylic acids is 1. The number of amides is 1. The molecule has 2 unspecified atom stereocenters. The summed E-state index contributed by atoms with van der Waals surface area (Å²) in [5.41, 5.74) is 1.18. The van der Waals surface area contributed by atoms with Gasteiger partial charge in [-0.15, -0.1) is 0 Å². The standard InChI is InChI=1S/C17H18ClN3O4/c1-25-15-6-14(7-16(22)23)20(10-15)17(24)11-8-19-21(9-11)13-4-2-12(18)3-5-13/h2-5,8-9,14-15H,6-7,10H2,1H3,(H,22,23). The summed E-state index contributed by atoms with van der Waals surface area (Å²) in [7, 11) is 1.56. The summed E-state index contributed by atoms with van der Waals surface area (Å²) in [5.74, 6) is -1.18. The first kappa shape index (κ1) is 17.4. The van der Waals surface area contributed by atoms with Crippen molar-refractivity contribution in [1.82, 2.24) is 14.7 Å². The maximum absolute atomic E-state index is 12.8. The average Bonchev–Trinajstić information content (AvgIpc) is 3.21. The zero-order chi connectivity index (χ0) is 18.0. The fraction of sp³-hybridized carbons (Fsp3) is 0.353. The van der Waals surface area contributed by atoms with E-state index < -0.39 is 5.97 Å². The molecule has 1 aliphatic rings. The minimum absolute atomic E-state index is 0.100. The van der Waals surface area contributed by atoms with Gasteiger partial charge in [0, 0.05) is 30.9 Å². The number of ether oxygens (including phenoxy) is 1. The van der Waals surface area contributed by atoms with Gasteiger partial charge >= 0.3 is 5.97 Å². The predicted molar refractivity (Wildman–Crippen MR) is 91.1 cm³/mol. The summed E-state index contributed by atoms with van der Waals surface area (Å²) in [4.78, 5) is 25.4. The number of benzene rings is 1. The van der Waals surface area contributed by atoms with Gasteiger partial charge in [-0.05, 0) is 30.7 Å². The summed E-state index contributed by atoms with van der Waals surface area (Å²) >= 11 is 5.88. The largest absolute Gasteiger partial charge is 0.481 e. The van der Waals surface area contributed by atoms with E-state index in [9.17, 15) is 9.59 Å². The first-order valence-electron chi connectivity index (χ1n) is 7.84. The Morgan fingerprint density at radius 2 is 2.08 bits per heavy atom. The third kappa shape index (κ3) is 3.83. The lowest BCUT2D eigenvalue weighted by molar-refractivity contribution is -0.137. The van der Waals surface area contributed by atoms with E-state index in [1.165, 1.54) is 6.20 Å². The van der Waals surface area contributed by atoms with Crippen molar-refractivity contribution in [3.8, 4) is 5.69 Å². The highest BCUT2D eigenvalue weighted by molar-refractivity contribution is 6.30. The van der Waals surface area contributed by atoms with E-state index in [2.05, 4.69) is 5.10 Å². The molecule has 25 heavy (non-hydrogen) atoms. The van der Waals surface area contributed by atoms with Crippen molar-refractivity contribution in [2.24, 2.45) is 0 Å². The molecule has 132 valence electrons. The molecule has 0 aliphatic carbocycles. The van der Waals surface area contributed by atoms with Crippen molar-refractivity contribution in [3.05, 3.63) is 47.2 Å². The van der Waals surface area contributed by atoms with Crippen molar-refractivity contribution in [1.29, 1.82) is 0 Å². The zero-order valence-corrected chi connectivity index (χ0v) is 14.4. The monoisotopic (exact) mass is 363 g/mol. The summed E-state index contributed by atoms with van der Waals surface area (Å²) < 4.78 is 6.89. The molecule has 0 saturated carbocycles. The van der Waals surface area contributed by atoms with Crippen LogP contribution in [0.2, 0.25) is 5.02 Å². The number of nitrogens with zero attached hydrogens (tertiary/aromatic N) is 3. The molecule has 0 spiro atoms. The van der Waals surface area contributed by atoms with Crippen molar-refractivity contribution in [2.75, 3.05) is 13.7 Å². The van der Waals surface area contributed by atoms with Crippen LogP contribution in [0.25, 0.3) is 5.69 Å². The smallest absolute Gasteiger partial charge is 0.305 e. The first-order valence-corrected chi connectivity index (χ1v) is 8.22. The molecule has 1 N–H and O–H groups in total. The minimum atomic E-state index is -0.934. The molecule has 1 aliphatic heterocycles. The maximum Gasteiger partial charge on any atom is 0.305 e. The number of carbonyl (C=O) groups is 2. The number of carboxylic acids is 1. The molecule has 2 heterocycles. The molecule has 1 fully saturated rings. The van der Waals surface area contributed by atoms with Crippen LogP contribution in [0.5, 0.6) is 0 Å². The lowest BCUT2D eigenvalue weighted by atomic mass is 10.1. The van der Waals surface area contributed by atoms with Crippen molar-refractivity contribution < 1.29 is 19.4 Å². The van der Waals surface area contributed by atoms with Crippen LogP contribution < -0.4 is 0 Å². The molecule has 0 bridgehead atoms. The summed E-state index contributed by atoms with van der Waals surface area (Å²) in [6.45, 7) is 0.374. The number of carbonyl (C=O) groups excluding carboxylic acids is 1. The molecule has 1 amide bonds. The fourth-order valence-electron chi connectivity index (χ4n) is 3.02. The van der Waals surface area contributed by atoms with E-state index in [1.807, 2.05) is 0 Å². The fourth-order valence-corrected chi connectivity index (χ4v) is 3.15. The number of rotatable bonds is 5. The summed E-state index contributed by atoms with van der Waals surface area (Å²) in [6.07, 6.45) is 3.37. The number of likely N-dealkylation sites (tertiary alicyclic amines) is 1.